The fraction of sp³-hybridized carbons (Fsp3) is 0. The van der Waals surface area contributed by atoms with Gasteiger partial charge in [-0.05, 0) is 185 Å². The molecule has 0 aliphatic carbocycles. The Bertz CT molecular complexity index is 10100. The molecule has 644 valence electrons. The topological polar surface area (TPSA) is 89.1 Å². The molecule has 18 aromatic carbocycles. The van der Waals surface area contributed by atoms with Crippen LogP contribution in [0.1, 0.15) is 0 Å². The second-order valence-electron chi connectivity index (χ2n) is 35.2. The minimum atomic E-state index is 0.722. The number of rotatable bonds is 10. The maximum atomic E-state index is 5.08. The average Bonchev–Trinajstić information content (AvgIpc) is 1.52. The number of thiophene rings is 3. The van der Waals surface area contributed by atoms with Gasteiger partial charge in [-0.3, -0.25) is 0 Å². The van der Waals surface area contributed by atoms with Crippen LogP contribution < -0.4 is 0 Å². The molecule has 12 aromatic heterocycles. The molecule has 0 fully saturated rings. The van der Waals surface area contributed by atoms with Gasteiger partial charge in [0, 0.05) is 150 Å². The number of benzene rings is 18. The van der Waals surface area contributed by atoms with Gasteiger partial charge in [-0.25, -0.2) is 24.9 Å². The first-order chi connectivity index (χ1) is 68.5. The van der Waals surface area contributed by atoms with Crippen molar-refractivity contribution in [2.45, 2.75) is 0 Å². The fourth-order valence-corrected chi connectivity index (χ4v) is 25.3. The normalized spacial score (nSPS) is 11.9. The Morgan fingerprint density at radius 2 is 0.500 bits per heavy atom. The van der Waals surface area contributed by atoms with Crippen LogP contribution in [0.4, 0.5) is 0 Å². The summed E-state index contributed by atoms with van der Waals surface area (Å²) < 4.78 is 16.1. The summed E-state index contributed by atoms with van der Waals surface area (Å²) >= 11 is 5.37. The van der Waals surface area contributed by atoms with Gasteiger partial charge in [-0.15, -0.1) is 34.0 Å². The van der Waals surface area contributed by atoms with Gasteiger partial charge in [0.05, 0.1) is 80.5 Å². The van der Waals surface area contributed by atoms with Gasteiger partial charge in [0.15, 0.2) is 5.82 Å². The molecule has 0 radical (unpaired) electrons. The predicted octanol–water partition coefficient (Wildman–Crippen LogP) is 34.1. The Morgan fingerprint density at radius 1 is 0.174 bits per heavy atom. The number of fused-ring (bicyclic) bond motifs is 32. The van der Waals surface area contributed by atoms with Crippen molar-refractivity contribution in [3.63, 3.8) is 0 Å². The van der Waals surface area contributed by atoms with E-state index in [4.69, 9.17) is 19.9 Å². The van der Waals surface area contributed by atoms with Crippen LogP contribution in [0, 0.1) is 0 Å². The second-order valence-corrected chi connectivity index (χ2v) is 38.2. The number of hydrogen-bond acceptors (Lipinski definition) is 8. The zero-order chi connectivity index (χ0) is 90.6. The minimum Gasteiger partial charge on any atom is -0.309 e. The molecule has 30 aromatic rings. The molecular formula is C125H76N10S3. The van der Waals surface area contributed by atoms with Gasteiger partial charge in [0.25, 0.3) is 0 Å². The molecule has 0 saturated carbocycles. The molecule has 12 heterocycles. The third-order valence-corrected chi connectivity index (χ3v) is 30.9. The molecule has 0 spiro atoms. The Balaban J connectivity index is 0.000000103. The predicted molar refractivity (Wildman–Crippen MR) is 583 cm³/mol. The van der Waals surface area contributed by atoms with E-state index in [1.54, 1.807) is 34.0 Å². The highest BCUT2D eigenvalue weighted by Gasteiger charge is 2.31. The Hall–Kier alpha value is -17.6. The van der Waals surface area contributed by atoms with Crippen LogP contribution in [0.25, 0.3) is 265 Å². The van der Waals surface area contributed by atoms with E-state index in [0.29, 0.717) is 0 Å². The van der Waals surface area contributed by atoms with Crippen LogP contribution in [-0.2, 0) is 0 Å². The molecular weight excluding hydrogens is 1740 g/mol. The summed E-state index contributed by atoms with van der Waals surface area (Å²) in [6, 6.07) is 159. The summed E-state index contributed by atoms with van der Waals surface area (Å²) in [4.78, 5) is 27.7. The Kier molecular flexibility index (Phi) is 18.4. The lowest BCUT2D eigenvalue weighted by Crippen LogP contribution is -1.97. The van der Waals surface area contributed by atoms with Crippen LogP contribution in [0.2, 0.25) is 0 Å². The lowest BCUT2D eigenvalue weighted by Gasteiger charge is -2.15. The van der Waals surface area contributed by atoms with E-state index in [1.807, 2.05) is 42.9 Å². The largest absolute Gasteiger partial charge is 0.309 e. The number of aromatic nitrogens is 10. The summed E-state index contributed by atoms with van der Waals surface area (Å²) in [5.41, 5.74) is 28.9. The highest BCUT2D eigenvalue weighted by Crippen LogP contribution is 2.55. The highest BCUT2D eigenvalue weighted by atomic mass is 32.1. The first-order valence-electron chi connectivity index (χ1n) is 46.5. The number of nitrogens with zero attached hydrogens (tertiary/aromatic N) is 10. The quantitative estimate of drug-likeness (QED) is 0.136. The van der Waals surface area contributed by atoms with Crippen LogP contribution in [0.3, 0.4) is 0 Å². The maximum Gasteiger partial charge on any atom is 0.160 e. The molecule has 0 aliphatic heterocycles. The minimum absolute atomic E-state index is 0.722. The van der Waals surface area contributed by atoms with Gasteiger partial charge >= 0.3 is 0 Å². The van der Waals surface area contributed by atoms with Crippen molar-refractivity contribution in [3.8, 4) is 84.5 Å². The van der Waals surface area contributed by atoms with Gasteiger partial charge in [0.1, 0.15) is 14.5 Å². The van der Waals surface area contributed by atoms with E-state index in [0.717, 1.165) is 76.5 Å². The molecule has 0 N–H and O–H groups in total. The third-order valence-electron chi connectivity index (χ3n) is 27.6. The Morgan fingerprint density at radius 3 is 0.978 bits per heavy atom. The lowest BCUT2D eigenvalue weighted by molar-refractivity contribution is 1.18. The summed E-state index contributed by atoms with van der Waals surface area (Å²) in [6.07, 6.45) is 5.71. The second kappa shape index (κ2) is 32.1. The third kappa shape index (κ3) is 12.4. The molecule has 10 nitrogen and oxygen atoms in total. The SMILES string of the molecule is c1ccc(-c2cc(-c3ccccc3)cc(-n3c4ccccc4c4c3c3sc5ncccc5c3c3c5ccccc5n(-c5ccccc5)c34)c2)cc1.c1ccc(-c2ccc(-n3c4ccccc4c4c3c3sc5ncccc5c3c3c5ccccc5n(-c5ccccc5)c34)cc2)cc1.c1ccc(-c2nc(-c3ccc(-n4c5ccccc5c5ccc6c7cccnc7sc6c54)cc3)nc3ccccc23)cc1. The van der Waals surface area contributed by atoms with Crippen molar-refractivity contribution in [3.05, 3.63) is 461 Å². The van der Waals surface area contributed by atoms with E-state index >= 15 is 0 Å². The first kappa shape index (κ1) is 79.0. The molecule has 0 unspecified atom stereocenters. The monoisotopic (exact) mass is 1810 g/mol. The van der Waals surface area contributed by atoms with Crippen LogP contribution >= 0.6 is 34.0 Å². The molecule has 0 bridgehead atoms. The van der Waals surface area contributed by atoms with Crippen molar-refractivity contribution in [1.82, 2.24) is 47.8 Å². The molecule has 0 amide bonds. The molecule has 0 atom stereocenters. The molecule has 30 rings (SSSR count). The number of hydrogen-bond donors (Lipinski definition) is 0. The van der Waals surface area contributed by atoms with E-state index < -0.39 is 0 Å². The summed E-state index contributed by atoms with van der Waals surface area (Å²) in [6.45, 7) is 0. The molecule has 138 heavy (non-hydrogen) atoms. The number of pyridine rings is 3. The molecule has 13 heteroatoms. The van der Waals surface area contributed by atoms with E-state index in [2.05, 4.69) is 446 Å². The van der Waals surface area contributed by atoms with Crippen molar-refractivity contribution < 1.29 is 0 Å². The zero-order valence-corrected chi connectivity index (χ0v) is 76.5. The first-order valence-corrected chi connectivity index (χ1v) is 48.9. The van der Waals surface area contributed by atoms with Crippen molar-refractivity contribution in [2.24, 2.45) is 0 Å². The van der Waals surface area contributed by atoms with Gasteiger partial charge in [0.2, 0.25) is 0 Å². The van der Waals surface area contributed by atoms with Crippen LogP contribution in [0.15, 0.2) is 461 Å². The standard InChI is InChI=1S/C47H29N3S.C41H25N3S.C37H22N4S/c1-4-15-30(16-5-1)32-27-33(31-17-6-2-7-18-31)29-35(28-32)50-40-25-13-11-22-37(40)43-44-41(42-38-23-14-26-48-47(38)51-46(42)45(43)50)36-21-10-12-24-39(36)49(44)34-19-8-3-9-20-34;1-3-12-26(13-4-1)27-21-23-29(24-22-27)44-34-20-10-8-17-31(34)37-38-35(36-32-18-11-25-42-41(32)45-40(36)39(37)44)30-16-7-9-19-33(30)43(38)28-14-5-2-6-15-28;1-2-9-23(10-3-1)33-30-12-4-6-14-31(30)39-36(40-33)24-16-18-25(19-17-24)41-32-15-7-5-11-26(32)27-20-21-28-29-13-8-22-38-37(29)42-35(28)34(27)41/h1-29H;1-25H;1-22H. The highest BCUT2D eigenvalue weighted by molar-refractivity contribution is 7.27. The summed E-state index contributed by atoms with van der Waals surface area (Å²) in [7, 11) is 0. The lowest BCUT2D eigenvalue weighted by atomic mass is 9.98. The van der Waals surface area contributed by atoms with E-state index in [9.17, 15) is 0 Å². The smallest absolute Gasteiger partial charge is 0.160 e. The number of para-hydroxylation sites is 8. The molecule has 0 aliphatic rings. The molecule has 0 saturated heterocycles. The van der Waals surface area contributed by atoms with Crippen molar-refractivity contribution >= 4 is 215 Å². The zero-order valence-electron chi connectivity index (χ0n) is 74.1. The summed E-state index contributed by atoms with van der Waals surface area (Å²) in [5, 5.41) is 21.0. The summed E-state index contributed by atoms with van der Waals surface area (Å²) in [5.74, 6) is 0.722. The van der Waals surface area contributed by atoms with Gasteiger partial charge < -0.3 is 22.8 Å². The van der Waals surface area contributed by atoms with Crippen LogP contribution in [-0.4, -0.2) is 47.8 Å². The Labute approximate surface area is 802 Å². The van der Waals surface area contributed by atoms with Crippen molar-refractivity contribution in [2.75, 3.05) is 0 Å². The van der Waals surface area contributed by atoms with Crippen molar-refractivity contribution in [1.29, 1.82) is 0 Å². The van der Waals surface area contributed by atoms with E-state index in [1.165, 1.54) is 189 Å². The fourth-order valence-electron chi connectivity index (χ4n) is 21.7. The van der Waals surface area contributed by atoms with E-state index in [-0.39, 0.29) is 0 Å². The maximum absolute atomic E-state index is 5.08. The van der Waals surface area contributed by atoms with Gasteiger partial charge in [-0.1, -0.05) is 291 Å². The average molecular weight is 1810 g/mol. The van der Waals surface area contributed by atoms with Crippen LogP contribution in [0.5, 0.6) is 0 Å². The van der Waals surface area contributed by atoms with Gasteiger partial charge in [-0.2, -0.15) is 0 Å².